The highest BCUT2D eigenvalue weighted by atomic mass is 79.9. The van der Waals surface area contributed by atoms with Gasteiger partial charge < -0.3 is 10.1 Å². The highest BCUT2D eigenvalue weighted by Gasteiger charge is 2.07. The first kappa shape index (κ1) is 15.2. The molecule has 0 saturated carbocycles. The number of nitrogens with zero attached hydrogens (tertiary/aromatic N) is 2. The Balaban J connectivity index is 1.96. The summed E-state index contributed by atoms with van der Waals surface area (Å²) in [6.07, 6.45) is 2.38. The number of H-pyrrole nitrogens is 1. The van der Waals surface area contributed by atoms with E-state index in [2.05, 4.69) is 42.9 Å². The van der Waals surface area contributed by atoms with Crippen LogP contribution < -0.4 is 0 Å². The molecule has 1 atom stereocenters. The largest absolute Gasteiger partial charge is 0.393 e. The normalized spacial score (nSPS) is 12.8. The number of nitrogens with one attached hydrogen (secondary N) is 1. The van der Waals surface area contributed by atoms with Crippen LogP contribution in [0.5, 0.6) is 0 Å². The van der Waals surface area contributed by atoms with Crippen LogP contribution in [0.2, 0.25) is 0 Å². The van der Waals surface area contributed by atoms with Gasteiger partial charge in [-0.05, 0) is 38.1 Å². The fourth-order valence-corrected chi connectivity index (χ4v) is 2.23. The topological polar surface area (TPSA) is 52.1 Å². The van der Waals surface area contributed by atoms with Crippen LogP contribution in [0.1, 0.15) is 19.2 Å². The van der Waals surface area contributed by atoms with E-state index >= 15 is 0 Å². The van der Waals surface area contributed by atoms with E-state index in [9.17, 15) is 5.11 Å². The van der Waals surface area contributed by atoms with E-state index in [0.29, 0.717) is 0 Å². The van der Waals surface area contributed by atoms with Gasteiger partial charge in [-0.2, -0.15) is 0 Å². The van der Waals surface area contributed by atoms with Crippen molar-refractivity contribution in [1.82, 2.24) is 14.9 Å². The monoisotopic (exact) mass is 337 g/mol. The van der Waals surface area contributed by atoms with Gasteiger partial charge in [-0.25, -0.2) is 4.98 Å². The molecule has 1 aromatic heterocycles. The van der Waals surface area contributed by atoms with Crippen LogP contribution in [-0.2, 0) is 6.54 Å². The lowest BCUT2D eigenvalue weighted by Crippen LogP contribution is -2.22. The van der Waals surface area contributed by atoms with Crippen LogP contribution in [-0.4, -0.2) is 39.7 Å². The molecule has 4 nitrogen and oxygen atoms in total. The van der Waals surface area contributed by atoms with Crippen LogP contribution in [0, 0.1) is 0 Å². The Morgan fingerprint density at radius 1 is 1.35 bits per heavy atom. The summed E-state index contributed by atoms with van der Waals surface area (Å²) in [5, 5.41) is 9.29. The van der Waals surface area contributed by atoms with Gasteiger partial charge in [0.2, 0.25) is 0 Å². The zero-order chi connectivity index (χ0) is 14.5. The van der Waals surface area contributed by atoms with Gasteiger partial charge in [0, 0.05) is 11.0 Å². The first-order valence-electron chi connectivity index (χ1n) is 6.71. The zero-order valence-electron chi connectivity index (χ0n) is 11.8. The van der Waals surface area contributed by atoms with Crippen LogP contribution in [0.3, 0.4) is 0 Å². The number of benzene rings is 1. The smallest absolute Gasteiger partial charge is 0.120 e. The fourth-order valence-electron chi connectivity index (χ4n) is 1.96. The van der Waals surface area contributed by atoms with Gasteiger partial charge in [0.1, 0.15) is 5.82 Å². The maximum atomic E-state index is 9.29. The van der Waals surface area contributed by atoms with Crippen molar-refractivity contribution in [3.63, 3.8) is 0 Å². The predicted octanol–water partition coefficient (Wildman–Crippen LogP) is 3.04. The molecule has 20 heavy (non-hydrogen) atoms. The lowest BCUT2D eigenvalue weighted by Gasteiger charge is -2.15. The summed E-state index contributed by atoms with van der Waals surface area (Å²) in [4.78, 5) is 9.90. The zero-order valence-corrected chi connectivity index (χ0v) is 13.4. The summed E-state index contributed by atoms with van der Waals surface area (Å²) in [7, 11) is 2.03. The highest BCUT2D eigenvalue weighted by Crippen LogP contribution is 2.20. The molecule has 0 spiro atoms. The molecular weight excluding hydrogens is 318 g/mol. The van der Waals surface area contributed by atoms with Crippen molar-refractivity contribution in [3.8, 4) is 11.3 Å². The minimum Gasteiger partial charge on any atom is -0.393 e. The molecule has 2 rings (SSSR count). The molecule has 1 heterocycles. The number of halogens is 1. The third-order valence-electron chi connectivity index (χ3n) is 3.13. The molecule has 5 heteroatoms. The number of hydrogen-bond donors (Lipinski definition) is 2. The second-order valence-electron chi connectivity index (χ2n) is 5.13. The van der Waals surface area contributed by atoms with Crippen LogP contribution in [0.4, 0.5) is 0 Å². The van der Waals surface area contributed by atoms with Gasteiger partial charge in [-0.3, -0.25) is 4.90 Å². The molecule has 0 aliphatic carbocycles. The molecule has 0 aliphatic rings. The number of hydrogen-bond acceptors (Lipinski definition) is 3. The lowest BCUT2D eigenvalue weighted by atomic mass is 10.2. The molecule has 108 valence electrons. The maximum Gasteiger partial charge on any atom is 0.120 e. The number of aliphatic hydroxyl groups is 1. The second kappa shape index (κ2) is 7.02. The number of aromatic nitrogens is 2. The average Bonchev–Trinajstić information content (AvgIpc) is 2.85. The maximum absolute atomic E-state index is 9.29. The van der Waals surface area contributed by atoms with Crippen molar-refractivity contribution in [2.45, 2.75) is 26.0 Å². The van der Waals surface area contributed by atoms with E-state index in [1.54, 1.807) is 0 Å². The molecule has 2 aromatic rings. The molecule has 0 radical (unpaired) electrons. The van der Waals surface area contributed by atoms with Crippen LogP contribution in [0.25, 0.3) is 11.3 Å². The Morgan fingerprint density at radius 3 is 2.70 bits per heavy atom. The van der Waals surface area contributed by atoms with Gasteiger partial charge in [0.25, 0.3) is 0 Å². The molecule has 0 fully saturated rings. The number of aromatic amines is 1. The van der Waals surface area contributed by atoms with Crippen molar-refractivity contribution in [2.75, 3.05) is 13.6 Å². The van der Waals surface area contributed by atoms with Crippen molar-refractivity contribution in [2.24, 2.45) is 0 Å². The lowest BCUT2D eigenvalue weighted by molar-refractivity contribution is 0.162. The number of rotatable bonds is 6. The number of aliphatic hydroxyl groups excluding tert-OH is 1. The Bertz CT molecular complexity index is 536. The summed E-state index contributed by atoms with van der Waals surface area (Å²) in [5.74, 6) is 0.941. The molecule has 0 bridgehead atoms. The van der Waals surface area contributed by atoms with Gasteiger partial charge in [-0.1, -0.05) is 28.1 Å². The molecule has 0 amide bonds. The quantitative estimate of drug-likeness (QED) is 0.851. The Labute approximate surface area is 128 Å². The molecular formula is C15H20BrN3O. The molecule has 1 aromatic carbocycles. The predicted molar refractivity (Wildman–Crippen MR) is 84.4 cm³/mol. The van der Waals surface area contributed by atoms with Gasteiger partial charge >= 0.3 is 0 Å². The van der Waals surface area contributed by atoms with Gasteiger partial charge in [-0.15, -0.1) is 0 Å². The van der Waals surface area contributed by atoms with Gasteiger partial charge in [0.05, 0.1) is 24.5 Å². The average molecular weight is 338 g/mol. The van der Waals surface area contributed by atoms with Crippen molar-refractivity contribution >= 4 is 15.9 Å². The molecule has 0 saturated heterocycles. The van der Waals surface area contributed by atoms with E-state index in [1.165, 1.54) is 0 Å². The number of imidazole rings is 1. The molecule has 2 N–H and O–H groups in total. The second-order valence-corrected chi connectivity index (χ2v) is 6.04. The first-order valence-corrected chi connectivity index (χ1v) is 7.50. The first-order chi connectivity index (χ1) is 9.54. The minimum atomic E-state index is -0.257. The Kier molecular flexibility index (Phi) is 5.34. The van der Waals surface area contributed by atoms with E-state index in [-0.39, 0.29) is 6.10 Å². The third kappa shape index (κ3) is 4.44. The van der Waals surface area contributed by atoms with E-state index < -0.39 is 0 Å². The SMILES string of the molecule is C[C@H](O)CCN(C)Cc1ncc(-c2ccc(Br)cc2)[nH]1. The van der Waals surface area contributed by atoms with Gasteiger partial charge in [0.15, 0.2) is 0 Å². The van der Waals surface area contributed by atoms with E-state index in [1.807, 2.05) is 32.3 Å². The third-order valence-corrected chi connectivity index (χ3v) is 3.66. The van der Waals surface area contributed by atoms with Crippen LogP contribution >= 0.6 is 15.9 Å². The van der Waals surface area contributed by atoms with E-state index in [4.69, 9.17) is 0 Å². The highest BCUT2D eigenvalue weighted by molar-refractivity contribution is 9.10. The Morgan fingerprint density at radius 2 is 2.05 bits per heavy atom. The summed E-state index contributed by atoms with van der Waals surface area (Å²) < 4.78 is 1.07. The van der Waals surface area contributed by atoms with Crippen LogP contribution in [0.15, 0.2) is 34.9 Å². The molecule has 0 unspecified atom stereocenters. The standard InChI is InChI=1S/C15H20BrN3O/c1-11(20)7-8-19(2)10-15-17-9-14(18-15)12-3-5-13(16)6-4-12/h3-6,9,11,20H,7-8,10H2,1-2H3,(H,17,18)/t11-/m0/s1. The summed E-state index contributed by atoms with van der Waals surface area (Å²) in [5.41, 5.74) is 2.15. The minimum absolute atomic E-state index is 0.257. The van der Waals surface area contributed by atoms with Crippen molar-refractivity contribution in [3.05, 3.63) is 40.8 Å². The van der Waals surface area contributed by atoms with Crippen molar-refractivity contribution in [1.29, 1.82) is 0 Å². The van der Waals surface area contributed by atoms with Crippen molar-refractivity contribution < 1.29 is 5.11 Å². The fraction of sp³-hybridized carbons (Fsp3) is 0.400. The van der Waals surface area contributed by atoms with E-state index in [0.717, 1.165) is 41.1 Å². The summed E-state index contributed by atoms with van der Waals surface area (Å²) in [6, 6.07) is 8.15. The Hall–Kier alpha value is -1.17. The molecule has 0 aliphatic heterocycles. The summed E-state index contributed by atoms with van der Waals surface area (Å²) in [6.45, 7) is 3.42. The summed E-state index contributed by atoms with van der Waals surface area (Å²) >= 11 is 3.43.